The quantitative estimate of drug-likeness (QED) is 0.385. The molecule has 0 saturated carbocycles. The lowest BCUT2D eigenvalue weighted by molar-refractivity contribution is 0.273. The smallest absolute Gasteiger partial charge is 0.158 e. The second kappa shape index (κ2) is 5.28. The van der Waals surface area contributed by atoms with E-state index < -0.39 is 0 Å². The van der Waals surface area contributed by atoms with Crippen LogP contribution in [0.3, 0.4) is 0 Å². The number of rotatable bonds is 4. The van der Waals surface area contributed by atoms with E-state index in [-0.39, 0.29) is 9.76 Å². The van der Waals surface area contributed by atoms with E-state index in [2.05, 4.69) is 25.5 Å². The van der Waals surface area contributed by atoms with Crippen molar-refractivity contribution in [3.8, 4) is 0 Å². The Morgan fingerprint density at radius 3 is 2.50 bits per heavy atom. The molecule has 0 aliphatic heterocycles. The van der Waals surface area contributed by atoms with Crippen LogP contribution >= 0.6 is 0 Å². The fourth-order valence-electron chi connectivity index (χ4n) is 0.391. The molecule has 3 heteroatoms. The van der Waals surface area contributed by atoms with Crippen molar-refractivity contribution >= 4 is 9.76 Å². The third-order valence-corrected chi connectivity index (χ3v) is 1.58. The molecule has 0 aliphatic carbocycles. The monoisotopic (exact) mass is 133 g/mol. The van der Waals surface area contributed by atoms with Gasteiger partial charge in [0.2, 0.25) is 0 Å². The molecule has 50 valence electrons. The predicted octanol–water partition coefficient (Wildman–Crippen LogP) is -0.304. The van der Waals surface area contributed by atoms with Crippen LogP contribution in [0.25, 0.3) is 0 Å². The van der Waals surface area contributed by atoms with Gasteiger partial charge in [-0.1, -0.05) is 6.55 Å². The molecule has 2 nitrogen and oxygen atoms in total. The fraction of sp³-hybridized carbons (Fsp3) is 1.00. The largest absolute Gasteiger partial charge is 0.423 e. The van der Waals surface area contributed by atoms with E-state index in [4.69, 9.17) is 4.43 Å². The summed E-state index contributed by atoms with van der Waals surface area (Å²) >= 11 is 0. The topological polar surface area (TPSA) is 12.5 Å². The van der Waals surface area contributed by atoms with Crippen LogP contribution in [0.5, 0.6) is 0 Å². The molecule has 0 aromatic heterocycles. The number of nitrogens with zero attached hydrogens (tertiary/aromatic N) is 1. The number of hydrogen-bond donors (Lipinski definition) is 0. The summed E-state index contributed by atoms with van der Waals surface area (Å²) < 4.78 is 5.24. The highest BCUT2D eigenvalue weighted by atomic mass is 28.2. The van der Waals surface area contributed by atoms with Gasteiger partial charge in [0.25, 0.3) is 0 Å². The van der Waals surface area contributed by atoms with Crippen LogP contribution in [0.1, 0.15) is 0 Å². The first-order chi connectivity index (χ1) is 3.77. The molecule has 0 bridgehead atoms. The van der Waals surface area contributed by atoms with Crippen LogP contribution in [0, 0.1) is 0 Å². The van der Waals surface area contributed by atoms with E-state index in [1.807, 2.05) is 0 Å². The lowest BCUT2D eigenvalue weighted by Gasteiger charge is -2.07. The summed E-state index contributed by atoms with van der Waals surface area (Å²) in [6.45, 7) is 4.12. The van der Waals surface area contributed by atoms with Gasteiger partial charge in [-0.3, -0.25) is 0 Å². The minimum atomic E-state index is -0.156. The summed E-state index contributed by atoms with van der Waals surface area (Å²) in [5, 5.41) is 0. The Morgan fingerprint density at radius 2 is 2.12 bits per heavy atom. The summed E-state index contributed by atoms with van der Waals surface area (Å²) in [5.74, 6) is 0. The summed E-state index contributed by atoms with van der Waals surface area (Å²) in [4.78, 5) is 2.13. The number of hydrogen-bond acceptors (Lipinski definition) is 2. The molecule has 0 atom stereocenters. The molecule has 0 spiro atoms. The van der Waals surface area contributed by atoms with E-state index in [9.17, 15) is 0 Å². The molecular weight excluding hydrogens is 118 g/mol. The zero-order valence-corrected chi connectivity index (χ0v) is 7.39. The van der Waals surface area contributed by atoms with Crippen molar-refractivity contribution in [3.05, 3.63) is 0 Å². The maximum absolute atomic E-state index is 5.24. The van der Waals surface area contributed by atoms with Crippen LogP contribution in [-0.2, 0) is 4.43 Å². The third-order valence-electron chi connectivity index (χ3n) is 0.887. The van der Waals surface area contributed by atoms with E-state index in [0.717, 1.165) is 13.2 Å². The van der Waals surface area contributed by atoms with Gasteiger partial charge in [0, 0.05) is 13.2 Å². The van der Waals surface area contributed by atoms with Crippen LogP contribution in [0.4, 0.5) is 0 Å². The molecule has 0 aromatic carbocycles. The minimum Gasteiger partial charge on any atom is -0.423 e. The minimum absolute atomic E-state index is 0.156. The molecule has 8 heavy (non-hydrogen) atoms. The number of likely N-dealkylation sites (N-methyl/N-ethyl adjacent to an activating group) is 1. The summed E-state index contributed by atoms with van der Waals surface area (Å²) in [6, 6.07) is 0. The molecule has 0 N–H and O–H groups in total. The highest BCUT2D eigenvalue weighted by Crippen LogP contribution is 1.74. The Bertz CT molecular complexity index is 49.7. The van der Waals surface area contributed by atoms with E-state index in [1.54, 1.807) is 0 Å². The standard InChI is InChI=1S/C5H15NOSi/c1-6(2)4-5-7-8-3/h4-5,8H2,1-3H3. The summed E-state index contributed by atoms with van der Waals surface area (Å²) in [7, 11) is 3.96. The molecule has 0 rings (SSSR count). The van der Waals surface area contributed by atoms with Gasteiger partial charge in [-0.05, 0) is 14.1 Å². The molecule has 0 unspecified atom stereocenters. The molecule has 0 heterocycles. The molecule has 0 radical (unpaired) electrons. The average Bonchev–Trinajstić information content (AvgIpc) is 1.66. The summed E-state index contributed by atoms with van der Waals surface area (Å²) in [6.07, 6.45) is 0. The average molecular weight is 133 g/mol. The first kappa shape index (κ1) is 8.14. The molecular formula is C5H15NOSi. The van der Waals surface area contributed by atoms with E-state index >= 15 is 0 Å². The van der Waals surface area contributed by atoms with Gasteiger partial charge in [-0.25, -0.2) is 0 Å². The van der Waals surface area contributed by atoms with Crippen molar-refractivity contribution in [2.45, 2.75) is 6.55 Å². The first-order valence-electron chi connectivity index (χ1n) is 3.00. The highest BCUT2D eigenvalue weighted by molar-refractivity contribution is 6.24. The van der Waals surface area contributed by atoms with Crippen molar-refractivity contribution in [2.75, 3.05) is 27.2 Å². The molecule has 0 saturated heterocycles. The summed E-state index contributed by atoms with van der Waals surface area (Å²) in [5.41, 5.74) is 0. The Balaban J connectivity index is 2.72. The second-order valence-electron chi connectivity index (χ2n) is 2.00. The Labute approximate surface area is 53.8 Å². The zero-order chi connectivity index (χ0) is 6.41. The van der Waals surface area contributed by atoms with Crippen LogP contribution in [0.15, 0.2) is 0 Å². The molecule has 0 amide bonds. The van der Waals surface area contributed by atoms with Gasteiger partial charge in [0.1, 0.15) is 0 Å². The highest BCUT2D eigenvalue weighted by Gasteiger charge is 1.86. The van der Waals surface area contributed by atoms with Gasteiger partial charge in [-0.15, -0.1) is 0 Å². The van der Waals surface area contributed by atoms with Crippen LogP contribution in [-0.4, -0.2) is 41.9 Å². The van der Waals surface area contributed by atoms with Gasteiger partial charge < -0.3 is 9.33 Å². The Morgan fingerprint density at radius 1 is 1.50 bits per heavy atom. The molecule has 0 aromatic rings. The van der Waals surface area contributed by atoms with Gasteiger partial charge >= 0.3 is 0 Å². The van der Waals surface area contributed by atoms with Crippen molar-refractivity contribution in [3.63, 3.8) is 0 Å². The lowest BCUT2D eigenvalue weighted by Crippen LogP contribution is -2.18. The maximum Gasteiger partial charge on any atom is 0.158 e. The SMILES string of the molecule is C[SiH2]OCCN(C)C. The van der Waals surface area contributed by atoms with Gasteiger partial charge in [0.15, 0.2) is 9.76 Å². The normalized spacial score (nSPS) is 12.0. The zero-order valence-electron chi connectivity index (χ0n) is 5.98. The van der Waals surface area contributed by atoms with Gasteiger partial charge in [0.05, 0.1) is 0 Å². The van der Waals surface area contributed by atoms with Gasteiger partial charge in [-0.2, -0.15) is 0 Å². The Hall–Kier alpha value is 0.137. The first-order valence-corrected chi connectivity index (χ1v) is 4.99. The van der Waals surface area contributed by atoms with Crippen molar-refractivity contribution in [1.82, 2.24) is 4.90 Å². The molecule has 0 fully saturated rings. The molecule has 0 aliphatic rings. The van der Waals surface area contributed by atoms with Crippen molar-refractivity contribution in [1.29, 1.82) is 0 Å². The van der Waals surface area contributed by atoms with Crippen LogP contribution in [0.2, 0.25) is 6.55 Å². The fourth-order valence-corrected chi connectivity index (χ4v) is 0.809. The van der Waals surface area contributed by atoms with E-state index in [1.165, 1.54) is 0 Å². The lowest BCUT2D eigenvalue weighted by atomic mass is 10.6. The predicted molar refractivity (Wildman–Crippen MR) is 38.9 cm³/mol. The van der Waals surface area contributed by atoms with Crippen molar-refractivity contribution in [2.24, 2.45) is 0 Å². The third kappa shape index (κ3) is 6.14. The van der Waals surface area contributed by atoms with Crippen molar-refractivity contribution < 1.29 is 4.43 Å². The Kier molecular flexibility index (Phi) is 5.37. The van der Waals surface area contributed by atoms with E-state index in [0.29, 0.717) is 0 Å². The van der Waals surface area contributed by atoms with Crippen LogP contribution < -0.4 is 0 Å². The second-order valence-corrected chi connectivity index (χ2v) is 2.99. The maximum atomic E-state index is 5.24.